The standard InChI is InChI=1S/C14H15F3N2OS/c15-14(16,17)21-8-7-18-13(20)6-5-10-9-19-12-4-2-1-3-11(10)12/h1-4,9,19H,5-8H2,(H,18,20). The summed E-state index contributed by atoms with van der Waals surface area (Å²) in [6, 6.07) is 7.77. The van der Waals surface area contributed by atoms with E-state index in [-0.39, 0.29) is 36.4 Å². The summed E-state index contributed by atoms with van der Waals surface area (Å²) in [5.41, 5.74) is -2.20. The molecule has 0 unspecified atom stereocenters. The lowest BCUT2D eigenvalue weighted by atomic mass is 10.1. The van der Waals surface area contributed by atoms with Gasteiger partial charge in [-0.3, -0.25) is 4.79 Å². The minimum absolute atomic E-state index is 0.0247. The number of alkyl halides is 3. The van der Waals surface area contributed by atoms with Crippen LogP contribution >= 0.6 is 11.8 Å². The van der Waals surface area contributed by atoms with Gasteiger partial charge in [-0.05, 0) is 29.8 Å². The molecule has 2 rings (SSSR count). The molecule has 1 aromatic carbocycles. The highest BCUT2D eigenvalue weighted by atomic mass is 32.2. The Morgan fingerprint density at radius 3 is 2.81 bits per heavy atom. The molecule has 2 aromatic rings. The summed E-state index contributed by atoms with van der Waals surface area (Å²) < 4.78 is 35.7. The predicted octanol–water partition coefficient (Wildman–Crippen LogP) is 3.47. The highest BCUT2D eigenvalue weighted by molar-refractivity contribution is 8.00. The van der Waals surface area contributed by atoms with Crippen molar-refractivity contribution in [3.63, 3.8) is 0 Å². The molecule has 0 fully saturated rings. The van der Waals surface area contributed by atoms with E-state index in [4.69, 9.17) is 0 Å². The number of amides is 1. The van der Waals surface area contributed by atoms with Crippen LogP contribution in [0.1, 0.15) is 12.0 Å². The number of aromatic amines is 1. The number of benzene rings is 1. The molecular weight excluding hydrogens is 301 g/mol. The maximum atomic E-state index is 11.9. The number of aryl methyl sites for hydroxylation is 1. The van der Waals surface area contributed by atoms with E-state index in [2.05, 4.69) is 10.3 Å². The van der Waals surface area contributed by atoms with Crippen molar-refractivity contribution in [2.24, 2.45) is 0 Å². The molecule has 0 saturated heterocycles. The largest absolute Gasteiger partial charge is 0.441 e. The number of fused-ring (bicyclic) bond motifs is 1. The van der Waals surface area contributed by atoms with Crippen LogP contribution in [-0.4, -0.2) is 28.7 Å². The summed E-state index contributed by atoms with van der Waals surface area (Å²) in [7, 11) is 0. The number of rotatable bonds is 6. The number of hydrogen-bond donors (Lipinski definition) is 2. The summed E-state index contributed by atoms with van der Waals surface area (Å²) in [6.07, 6.45) is 2.68. The molecule has 2 N–H and O–H groups in total. The maximum Gasteiger partial charge on any atom is 0.441 e. The van der Waals surface area contributed by atoms with E-state index in [1.54, 1.807) is 0 Å². The van der Waals surface area contributed by atoms with Gasteiger partial charge in [0.1, 0.15) is 0 Å². The van der Waals surface area contributed by atoms with E-state index in [0.717, 1.165) is 16.5 Å². The van der Waals surface area contributed by atoms with Crippen molar-refractivity contribution in [3.8, 4) is 0 Å². The zero-order valence-corrected chi connectivity index (χ0v) is 12.0. The Balaban J connectivity index is 1.74. The lowest BCUT2D eigenvalue weighted by Gasteiger charge is -2.07. The van der Waals surface area contributed by atoms with E-state index >= 15 is 0 Å². The van der Waals surface area contributed by atoms with Crippen molar-refractivity contribution in [2.75, 3.05) is 12.3 Å². The van der Waals surface area contributed by atoms with E-state index < -0.39 is 5.51 Å². The minimum Gasteiger partial charge on any atom is -0.361 e. The lowest BCUT2D eigenvalue weighted by molar-refractivity contribution is -0.120. The van der Waals surface area contributed by atoms with Gasteiger partial charge in [0.2, 0.25) is 5.91 Å². The first-order valence-electron chi connectivity index (χ1n) is 6.48. The summed E-state index contributed by atoms with van der Waals surface area (Å²) >= 11 is -0.126. The molecule has 0 radical (unpaired) electrons. The van der Waals surface area contributed by atoms with Crippen molar-refractivity contribution < 1.29 is 18.0 Å². The normalized spacial score (nSPS) is 11.8. The third kappa shape index (κ3) is 5.00. The molecule has 0 bridgehead atoms. The van der Waals surface area contributed by atoms with Crippen LogP contribution in [0.15, 0.2) is 30.5 Å². The Bertz CT molecular complexity index is 610. The second-order valence-electron chi connectivity index (χ2n) is 4.50. The number of carbonyl (C=O) groups is 1. The molecule has 0 atom stereocenters. The maximum absolute atomic E-state index is 11.9. The van der Waals surface area contributed by atoms with Crippen LogP contribution in [0, 0.1) is 0 Å². The SMILES string of the molecule is O=C(CCc1c[nH]c2ccccc12)NCCSC(F)(F)F. The molecule has 21 heavy (non-hydrogen) atoms. The van der Waals surface area contributed by atoms with Crippen LogP contribution in [0.2, 0.25) is 0 Å². The molecule has 114 valence electrons. The fourth-order valence-electron chi connectivity index (χ4n) is 2.03. The quantitative estimate of drug-likeness (QED) is 0.802. The molecular formula is C14H15F3N2OS. The smallest absolute Gasteiger partial charge is 0.361 e. The van der Waals surface area contributed by atoms with Gasteiger partial charge in [0.05, 0.1) is 0 Å². The van der Waals surface area contributed by atoms with Crippen LogP contribution in [-0.2, 0) is 11.2 Å². The molecule has 0 aliphatic rings. The monoisotopic (exact) mass is 316 g/mol. The van der Waals surface area contributed by atoms with Gasteiger partial charge in [-0.2, -0.15) is 13.2 Å². The second-order valence-corrected chi connectivity index (χ2v) is 5.66. The van der Waals surface area contributed by atoms with Crippen molar-refractivity contribution in [1.29, 1.82) is 0 Å². The summed E-state index contributed by atoms with van der Waals surface area (Å²) in [5, 5.41) is 3.56. The summed E-state index contributed by atoms with van der Waals surface area (Å²) in [5.74, 6) is -0.398. The van der Waals surface area contributed by atoms with Gasteiger partial charge in [-0.25, -0.2) is 0 Å². The molecule has 0 saturated carbocycles. The Morgan fingerprint density at radius 1 is 1.29 bits per heavy atom. The second kappa shape index (κ2) is 6.89. The first kappa shape index (κ1) is 15.8. The Morgan fingerprint density at radius 2 is 2.05 bits per heavy atom. The molecule has 1 heterocycles. The van der Waals surface area contributed by atoms with Crippen molar-refractivity contribution >= 4 is 28.6 Å². The van der Waals surface area contributed by atoms with Crippen LogP contribution in [0.5, 0.6) is 0 Å². The highest BCUT2D eigenvalue weighted by Gasteiger charge is 2.27. The zero-order valence-electron chi connectivity index (χ0n) is 11.2. The highest BCUT2D eigenvalue weighted by Crippen LogP contribution is 2.29. The topological polar surface area (TPSA) is 44.9 Å². The molecule has 0 aliphatic heterocycles. The number of hydrogen-bond acceptors (Lipinski definition) is 2. The van der Waals surface area contributed by atoms with Crippen LogP contribution in [0.4, 0.5) is 13.2 Å². The molecule has 1 aromatic heterocycles. The minimum atomic E-state index is -4.24. The average molecular weight is 316 g/mol. The summed E-state index contributed by atoms with van der Waals surface area (Å²) in [6.45, 7) is 0.0247. The van der Waals surface area contributed by atoms with Gasteiger partial charge in [0.15, 0.2) is 0 Å². The zero-order chi connectivity index (χ0) is 15.3. The average Bonchev–Trinajstić information content (AvgIpc) is 2.84. The van der Waals surface area contributed by atoms with E-state index in [9.17, 15) is 18.0 Å². The molecule has 0 aliphatic carbocycles. The van der Waals surface area contributed by atoms with Gasteiger partial charge in [0.25, 0.3) is 0 Å². The number of aromatic nitrogens is 1. The molecule has 1 amide bonds. The van der Waals surface area contributed by atoms with Crippen molar-refractivity contribution in [3.05, 3.63) is 36.0 Å². The number of nitrogens with one attached hydrogen (secondary N) is 2. The number of halogens is 3. The first-order valence-corrected chi connectivity index (χ1v) is 7.46. The van der Waals surface area contributed by atoms with Crippen molar-refractivity contribution in [1.82, 2.24) is 10.3 Å². The van der Waals surface area contributed by atoms with Gasteiger partial charge >= 0.3 is 5.51 Å². The van der Waals surface area contributed by atoms with Crippen LogP contribution in [0.25, 0.3) is 10.9 Å². The third-order valence-electron chi connectivity index (χ3n) is 2.99. The van der Waals surface area contributed by atoms with E-state index in [1.165, 1.54) is 0 Å². The van der Waals surface area contributed by atoms with Crippen molar-refractivity contribution in [2.45, 2.75) is 18.3 Å². The van der Waals surface area contributed by atoms with Crippen LogP contribution < -0.4 is 5.32 Å². The van der Waals surface area contributed by atoms with E-state index in [1.807, 2.05) is 30.5 Å². The fourth-order valence-corrected chi connectivity index (χ4v) is 2.47. The van der Waals surface area contributed by atoms with Crippen LogP contribution in [0.3, 0.4) is 0 Å². The number of carbonyl (C=O) groups excluding carboxylic acids is 1. The van der Waals surface area contributed by atoms with Gasteiger partial charge in [0, 0.05) is 35.8 Å². The Labute approximate surface area is 124 Å². The first-order chi connectivity index (χ1) is 9.96. The number of para-hydroxylation sites is 1. The van der Waals surface area contributed by atoms with Gasteiger partial charge < -0.3 is 10.3 Å². The third-order valence-corrected chi connectivity index (χ3v) is 3.72. The lowest BCUT2D eigenvalue weighted by Crippen LogP contribution is -2.26. The number of H-pyrrole nitrogens is 1. The predicted molar refractivity (Wildman–Crippen MR) is 78.1 cm³/mol. The molecule has 7 heteroatoms. The summed E-state index contributed by atoms with van der Waals surface area (Å²) in [4.78, 5) is 14.7. The fraction of sp³-hybridized carbons (Fsp3) is 0.357. The molecule has 0 spiro atoms. The van der Waals surface area contributed by atoms with Gasteiger partial charge in [-0.15, -0.1) is 0 Å². The number of thioether (sulfide) groups is 1. The van der Waals surface area contributed by atoms with Gasteiger partial charge in [-0.1, -0.05) is 18.2 Å². The molecule has 3 nitrogen and oxygen atoms in total. The Kier molecular flexibility index (Phi) is 5.17. The van der Waals surface area contributed by atoms with E-state index in [0.29, 0.717) is 6.42 Å². The Hall–Kier alpha value is -1.63.